The zero-order valence-electron chi connectivity index (χ0n) is 23.0. The second-order valence-electron chi connectivity index (χ2n) is 8.36. The van der Waals surface area contributed by atoms with Gasteiger partial charge in [0.1, 0.15) is 12.1 Å². The van der Waals surface area contributed by atoms with E-state index in [1.807, 2.05) is 0 Å². The summed E-state index contributed by atoms with van der Waals surface area (Å²) < 4.78 is 5.23. The standard InChI is InChI=1S/C22H44N12O6/c1-16(35)32-18(15-20(37)29-9-7-27-5-3-24)22(39)33-17(14-19(36)28-8-6-26-4-2-23)21(38)30-10-12-40-13-11-31-34-25/h17-18,26-27H,2-15,23-24H2,1H3,(H,28,36)(H,29,37)(H,30,38)(H,32,35)(H,33,39)/t17-,18+/m0/s1. The van der Waals surface area contributed by atoms with Crippen LogP contribution in [0.2, 0.25) is 0 Å². The fourth-order valence-electron chi connectivity index (χ4n) is 3.11. The van der Waals surface area contributed by atoms with Crippen molar-refractivity contribution in [3.63, 3.8) is 0 Å². The van der Waals surface area contributed by atoms with Crippen LogP contribution < -0.4 is 48.7 Å². The minimum Gasteiger partial charge on any atom is -0.379 e. The molecule has 11 N–H and O–H groups in total. The smallest absolute Gasteiger partial charge is 0.243 e. The molecule has 0 aliphatic carbocycles. The second-order valence-corrected chi connectivity index (χ2v) is 8.36. The van der Waals surface area contributed by atoms with Gasteiger partial charge in [-0.05, 0) is 5.53 Å². The first-order valence-corrected chi connectivity index (χ1v) is 13.0. The maximum Gasteiger partial charge on any atom is 0.243 e. The molecule has 18 heteroatoms. The molecule has 0 saturated carbocycles. The lowest BCUT2D eigenvalue weighted by atomic mass is 10.1. The number of amides is 5. The van der Waals surface area contributed by atoms with Crippen LogP contribution in [0.15, 0.2) is 5.11 Å². The number of hydrogen-bond donors (Lipinski definition) is 9. The van der Waals surface area contributed by atoms with E-state index >= 15 is 0 Å². The summed E-state index contributed by atoms with van der Waals surface area (Å²) in [6, 6.07) is -2.58. The number of hydrogen-bond acceptors (Lipinski definition) is 11. The first-order chi connectivity index (χ1) is 19.2. The van der Waals surface area contributed by atoms with Crippen LogP contribution in [0.25, 0.3) is 10.4 Å². The van der Waals surface area contributed by atoms with Crippen LogP contribution in [0.3, 0.4) is 0 Å². The minimum absolute atomic E-state index is 0.0574. The molecule has 0 spiro atoms. The van der Waals surface area contributed by atoms with E-state index in [0.717, 1.165) is 0 Å². The first-order valence-electron chi connectivity index (χ1n) is 13.0. The van der Waals surface area contributed by atoms with Crippen LogP contribution in [-0.4, -0.2) is 120 Å². The van der Waals surface area contributed by atoms with Crippen molar-refractivity contribution in [1.82, 2.24) is 37.2 Å². The molecule has 0 unspecified atom stereocenters. The van der Waals surface area contributed by atoms with E-state index in [4.69, 9.17) is 21.7 Å². The van der Waals surface area contributed by atoms with E-state index in [2.05, 4.69) is 47.2 Å². The molecule has 0 aromatic heterocycles. The quantitative estimate of drug-likeness (QED) is 0.0231. The Balaban J connectivity index is 5.16. The maximum atomic E-state index is 13.0. The number of carbonyl (C=O) groups is 5. The number of rotatable bonds is 24. The van der Waals surface area contributed by atoms with Crippen LogP contribution in [-0.2, 0) is 28.7 Å². The monoisotopic (exact) mass is 572 g/mol. The Kier molecular flexibility index (Phi) is 22.3. The van der Waals surface area contributed by atoms with Gasteiger partial charge >= 0.3 is 0 Å². The second kappa shape index (κ2) is 24.5. The molecule has 0 aromatic rings. The molecule has 0 heterocycles. The van der Waals surface area contributed by atoms with Gasteiger partial charge in [0, 0.05) is 77.3 Å². The van der Waals surface area contributed by atoms with E-state index in [9.17, 15) is 24.0 Å². The van der Waals surface area contributed by atoms with Gasteiger partial charge in [-0.1, -0.05) is 5.11 Å². The molecule has 40 heavy (non-hydrogen) atoms. The Morgan fingerprint density at radius 3 is 1.80 bits per heavy atom. The average Bonchev–Trinajstić information content (AvgIpc) is 2.91. The summed E-state index contributed by atoms with van der Waals surface area (Å²) in [6.45, 7) is 5.15. The predicted molar refractivity (Wildman–Crippen MR) is 146 cm³/mol. The topological polar surface area (TPSA) is 280 Å². The van der Waals surface area contributed by atoms with Crippen LogP contribution >= 0.6 is 0 Å². The van der Waals surface area contributed by atoms with Crippen LogP contribution in [0.1, 0.15) is 19.8 Å². The number of nitrogens with two attached hydrogens (primary N) is 2. The van der Waals surface area contributed by atoms with E-state index in [1.54, 1.807) is 0 Å². The molecule has 5 amide bonds. The van der Waals surface area contributed by atoms with Gasteiger partial charge in [0.25, 0.3) is 0 Å². The number of nitrogens with one attached hydrogen (secondary N) is 7. The highest BCUT2D eigenvalue weighted by Crippen LogP contribution is 1.99. The predicted octanol–water partition coefficient (Wildman–Crippen LogP) is -4.47. The van der Waals surface area contributed by atoms with Gasteiger partial charge in [0.2, 0.25) is 29.5 Å². The molecular formula is C22H44N12O6. The maximum absolute atomic E-state index is 13.0. The summed E-state index contributed by atoms with van der Waals surface area (Å²) in [6.07, 6.45) is -0.771. The molecule has 0 aliphatic rings. The largest absolute Gasteiger partial charge is 0.379 e. The normalized spacial score (nSPS) is 11.9. The van der Waals surface area contributed by atoms with Crippen LogP contribution in [0.4, 0.5) is 0 Å². The van der Waals surface area contributed by atoms with Gasteiger partial charge < -0.3 is 53.4 Å². The molecule has 0 fully saturated rings. The summed E-state index contributed by atoms with van der Waals surface area (Å²) in [7, 11) is 0. The third-order valence-corrected chi connectivity index (χ3v) is 4.94. The SMILES string of the molecule is CC(=O)N[C@H](CC(=O)NCCNCCN)C(=O)N[C@@H](CC(=O)NCCNCCN)C(=O)NCCOCCN=[N+]=[N-]. The van der Waals surface area contributed by atoms with Crippen molar-refractivity contribution in [3.8, 4) is 0 Å². The zero-order valence-corrected chi connectivity index (χ0v) is 23.0. The van der Waals surface area contributed by atoms with Crippen LogP contribution in [0.5, 0.6) is 0 Å². The third-order valence-electron chi connectivity index (χ3n) is 4.94. The molecule has 0 aliphatic heterocycles. The van der Waals surface area contributed by atoms with E-state index in [0.29, 0.717) is 39.3 Å². The molecule has 2 atom stereocenters. The molecule has 228 valence electrons. The Morgan fingerprint density at radius 2 is 1.30 bits per heavy atom. The van der Waals surface area contributed by atoms with Crippen molar-refractivity contribution in [2.24, 2.45) is 16.6 Å². The molecule has 0 radical (unpaired) electrons. The fraction of sp³-hybridized carbons (Fsp3) is 0.773. The highest BCUT2D eigenvalue weighted by molar-refractivity contribution is 5.96. The zero-order chi connectivity index (χ0) is 30.0. The summed E-state index contributed by atoms with van der Waals surface area (Å²) in [5.74, 6) is -3.03. The summed E-state index contributed by atoms with van der Waals surface area (Å²) in [5, 5.41) is 22.0. The first kappa shape index (κ1) is 36.5. The van der Waals surface area contributed by atoms with Gasteiger partial charge in [-0.2, -0.15) is 0 Å². The Hall–Kier alpha value is -3.54. The average molecular weight is 573 g/mol. The Morgan fingerprint density at radius 1 is 0.750 bits per heavy atom. The number of ether oxygens (including phenoxy) is 1. The third kappa shape index (κ3) is 20.4. The molecule has 0 aromatic carbocycles. The van der Waals surface area contributed by atoms with Gasteiger partial charge in [-0.3, -0.25) is 24.0 Å². The number of carbonyl (C=O) groups excluding carboxylic acids is 5. The van der Waals surface area contributed by atoms with Crippen molar-refractivity contribution < 1.29 is 28.7 Å². The Labute approximate surface area is 233 Å². The van der Waals surface area contributed by atoms with Gasteiger partial charge in [-0.25, -0.2) is 0 Å². The van der Waals surface area contributed by atoms with Crippen molar-refractivity contribution in [3.05, 3.63) is 10.4 Å². The van der Waals surface area contributed by atoms with Crippen LogP contribution in [0, 0.1) is 0 Å². The summed E-state index contributed by atoms with van der Waals surface area (Å²) >= 11 is 0. The number of azide groups is 1. The molecule has 0 saturated heterocycles. The van der Waals surface area contributed by atoms with Crippen molar-refractivity contribution in [2.45, 2.75) is 31.8 Å². The van der Waals surface area contributed by atoms with Gasteiger partial charge in [0.05, 0.1) is 26.1 Å². The lowest BCUT2D eigenvalue weighted by Gasteiger charge is -2.22. The van der Waals surface area contributed by atoms with E-state index < -0.39 is 48.0 Å². The fourth-order valence-corrected chi connectivity index (χ4v) is 3.11. The lowest BCUT2D eigenvalue weighted by Crippen LogP contribution is -2.56. The van der Waals surface area contributed by atoms with E-state index in [-0.39, 0.29) is 45.8 Å². The lowest BCUT2D eigenvalue weighted by molar-refractivity contribution is -0.135. The van der Waals surface area contributed by atoms with Crippen molar-refractivity contribution in [1.29, 1.82) is 0 Å². The Bertz CT molecular complexity index is 824. The van der Waals surface area contributed by atoms with Gasteiger partial charge in [0.15, 0.2) is 0 Å². The summed E-state index contributed by atoms with van der Waals surface area (Å²) in [4.78, 5) is 64.9. The molecule has 0 rings (SSSR count). The van der Waals surface area contributed by atoms with Gasteiger partial charge in [-0.15, -0.1) is 0 Å². The number of nitrogens with zero attached hydrogens (tertiary/aromatic N) is 3. The molecule has 18 nitrogen and oxygen atoms in total. The highest BCUT2D eigenvalue weighted by Gasteiger charge is 2.29. The van der Waals surface area contributed by atoms with Crippen molar-refractivity contribution >= 4 is 29.5 Å². The highest BCUT2D eigenvalue weighted by atomic mass is 16.5. The summed E-state index contributed by atoms with van der Waals surface area (Å²) in [5.41, 5.74) is 19.1. The van der Waals surface area contributed by atoms with Crippen molar-refractivity contribution in [2.75, 3.05) is 78.7 Å². The molecule has 0 bridgehead atoms. The minimum atomic E-state index is -1.30. The molecular weight excluding hydrogens is 528 g/mol. The van der Waals surface area contributed by atoms with E-state index in [1.165, 1.54) is 6.92 Å².